The molecular weight excluding hydrogens is 336 g/mol. The first-order valence-electron chi connectivity index (χ1n) is 10.8. The minimum atomic E-state index is 0.0555. The Kier molecular flexibility index (Phi) is 4.64. The Bertz CT molecular complexity index is 814. The summed E-state index contributed by atoms with van der Waals surface area (Å²) >= 11 is 0. The SMILES string of the molecule is O=C(C1CCCN1Cc1cnc2ccccn12)N1CCCC2CCCCC21. The number of hydrogen-bond donors (Lipinski definition) is 0. The van der Waals surface area contributed by atoms with Gasteiger partial charge in [-0.05, 0) is 63.1 Å². The zero-order valence-corrected chi connectivity index (χ0v) is 16.1. The molecule has 0 bridgehead atoms. The van der Waals surface area contributed by atoms with Gasteiger partial charge in [0, 0.05) is 25.3 Å². The van der Waals surface area contributed by atoms with Crippen LogP contribution in [0.4, 0.5) is 0 Å². The number of hydrogen-bond acceptors (Lipinski definition) is 3. The Morgan fingerprint density at radius 2 is 1.89 bits per heavy atom. The van der Waals surface area contributed by atoms with Crippen molar-refractivity contribution in [3.63, 3.8) is 0 Å². The van der Waals surface area contributed by atoms with E-state index in [0.29, 0.717) is 11.9 Å². The van der Waals surface area contributed by atoms with E-state index >= 15 is 0 Å². The maximum absolute atomic E-state index is 13.5. The molecule has 2 aliphatic heterocycles. The minimum Gasteiger partial charge on any atom is -0.338 e. The molecule has 3 unspecified atom stereocenters. The van der Waals surface area contributed by atoms with E-state index in [1.807, 2.05) is 24.4 Å². The fourth-order valence-corrected chi connectivity index (χ4v) is 5.69. The zero-order valence-electron chi connectivity index (χ0n) is 16.1. The smallest absolute Gasteiger partial charge is 0.240 e. The molecule has 2 aromatic rings. The van der Waals surface area contributed by atoms with Crippen LogP contribution in [0.3, 0.4) is 0 Å². The number of likely N-dealkylation sites (tertiary alicyclic amines) is 2. The molecular formula is C22H30N4O. The van der Waals surface area contributed by atoms with Gasteiger partial charge in [0.2, 0.25) is 5.91 Å². The summed E-state index contributed by atoms with van der Waals surface area (Å²) in [7, 11) is 0. The van der Waals surface area contributed by atoms with Crippen molar-refractivity contribution in [2.75, 3.05) is 13.1 Å². The largest absolute Gasteiger partial charge is 0.338 e. The summed E-state index contributed by atoms with van der Waals surface area (Å²) in [5, 5.41) is 0. The normalized spacial score (nSPS) is 29.2. The Morgan fingerprint density at radius 3 is 2.85 bits per heavy atom. The Hall–Kier alpha value is -1.88. The topological polar surface area (TPSA) is 40.9 Å². The first-order chi connectivity index (χ1) is 13.3. The molecule has 4 heterocycles. The summed E-state index contributed by atoms with van der Waals surface area (Å²) in [6, 6.07) is 6.67. The summed E-state index contributed by atoms with van der Waals surface area (Å²) in [6.45, 7) is 2.79. The van der Waals surface area contributed by atoms with Crippen LogP contribution in [0.15, 0.2) is 30.6 Å². The monoisotopic (exact) mass is 366 g/mol. The van der Waals surface area contributed by atoms with Crippen molar-refractivity contribution < 1.29 is 4.79 Å². The lowest BCUT2D eigenvalue weighted by atomic mass is 9.78. The molecule has 5 nitrogen and oxygen atoms in total. The quantitative estimate of drug-likeness (QED) is 0.835. The molecule has 144 valence electrons. The summed E-state index contributed by atoms with van der Waals surface area (Å²) in [5.41, 5.74) is 2.16. The lowest BCUT2D eigenvalue weighted by molar-refractivity contribution is -0.142. The molecule has 27 heavy (non-hydrogen) atoms. The minimum absolute atomic E-state index is 0.0555. The third-order valence-electron chi connectivity index (χ3n) is 7.03. The van der Waals surface area contributed by atoms with Crippen LogP contribution in [-0.4, -0.2) is 50.3 Å². The average molecular weight is 367 g/mol. The molecule has 3 aliphatic rings. The number of imidazole rings is 1. The predicted molar refractivity (Wildman–Crippen MR) is 105 cm³/mol. The highest BCUT2D eigenvalue weighted by atomic mass is 16.2. The van der Waals surface area contributed by atoms with E-state index < -0.39 is 0 Å². The van der Waals surface area contributed by atoms with E-state index in [1.165, 1.54) is 44.2 Å². The highest BCUT2D eigenvalue weighted by molar-refractivity contribution is 5.82. The molecule has 2 saturated heterocycles. The van der Waals surface area contributed by atoms with E-state index in [1.54, 1.807) is 0 Å². The standard InChI is InChI=1S/C22H30N4O/c27-22(26-14-5-8-17-7-1-2-9-19(17)26)20-10-6-12-24(20)16-18-15-23-21-11-3-4-13-25(18)21/h3-4,11,13,15,17,19-20H,1-2,5-10,12,14,16H2. The van der Waals surface area contributed by atoms with Gasteiger partial charge in [-0.1, -0.05) is 18.9 Å². The van der Waals surface area contributed by atoms with Crippen molar-refractivity contribution in [3.05, 3.63) is 36.3 Å². The third kappa shape index (κ3) is 3.16. The average Bonchev–Trinajstić information content (AvgIpc) is 3.35. The molecule has 3 atom stereocenters. The van der Waals surface area contributed by atoms with Crippen molar-refractivity contribution in [2.24, 2.45) is 5.92 Å². The molecule has 0 N–H and O–H groups in total. The predicted octanol–water partition coefficient (Wildman–Crippen LogP) is 3.48. The first-order valence-corrected chi connectivity index (χ1v) is 10.8. The molecule has 0 spiro atoms. The number of carbonyl (C=O) groups excluding carboxylic acids is 1. The Morgan fingerprint density at radius 1 is 1.04 bits per heavy atom. The van der Waals surface area contributed by atoms with Gasteiger partial charge in [0.1, 0.15) is 5.65 Å². The third-order valence-corrected chi connectivity index (χ3v) is 7.03. The van der Waals surface area contributed by atoms with E-state index in [4.69, 9.17) is 0 Å². The van der Waals surface area contributed by atoms with Gasteiger partial charge < -0.3 is 9.30 Å². The fourth-order valence-electron chi connectivity index (χ4n) is 5.69. The second kappa shape index (κ2) is 7.27. The van der Waals surface area contributed by atoms with Crippen LogP contribution >= 0.6 is 0 Å². The van der Waals surface area contributed by atoms with Crippen LogP contribution in [0.5, 0.6) is 0 Å². The number of aromatic nitrogens is 2. The van der Waals surface area contributed by atoms with Crippen molar-refractivity contribution in [3.8, 4) is 0 Å². The van der Waals surface area contributed by atoms with Gasteiger partial charge in [-0.15, -0.1) is 0 Å². The van der Waals surface area contributed by atoms with Crippen molar-refractivity contribution >= 4 is 11.6 Å². The van der Waals surface area contributed by atoms with Crippen LogP contribution < -0.4 is 0 Å². The molecule has 0 aromatic carbocycles. The van der Waals surface area contributed by atoms with E-state index in [0.717, 1.165) is 44.0 Å². The number of rotatable bonds is 3. The first kappa shape index (κ1) is 17.2. The molecule has 1 amide bonds. The summed E-state index contributed by atoms with van der Waals surface area (Å²) in [4.78, 5) is 22.7. The van der Waals surface area contributed by atoms with Crippen LogP contribution in [0, 0.1) is 5.92 Å². The van der Waals surface area contributed by atoms with Gasteiger partial charge in [0.25, 0.3) is 0 Å². The van der Waals surface area contributed by atoms with E-state index in [2.05, 4.69) is 25.4 Å². The highest BCUT2D eigenvalue weighted by Crippen LogP contribution is 2.36. The number of fused-ring (bicyclic) bond motifs is 2. The van der Waals surface area contributed by atoms with E-state index in [-0.39, 0.29) is 6.04 Å². The van der Waals surface area contributed by atoms with Gasteiger partial charge in [-0.25, -0.2) is 4.98 Å². The number of pyridine rings is 1. The van der Waals surface area contributed by atoms with Crippen molar-refractivity contribution in [1.29, 1.82) is 0 Å². The van der Waals surface area contributed by atoms with Crippen molar-refractivity contribution in [2.45, 2.75) is 70.0 Å². The molecule has 3 fully saturated rings. The molecule has 0 radical (unpaired) electrons. The highest BCUT2D eigenvalue weighted by Gasteiger charge is 2.40. The van der Waals surface area contributed by atoms with Crippen molar-refractivity contribution in [1.82, 2.24) is 19.2 Å². The van der Waals surface area contributed by atoms with Crippen LogP contribution in [0.25, 0.3) is 5.65 Å². The maximum Gasteiger partial charge on any atom is 0.240 e. The van der Waals surface area contributed by atoms with Gasteiger partial charge >= 0.3 is 0 Å². The number of nitrogens with zero attached hydrogens (tertiary/aromatic N) is 4. The molecule has 1 aliphatic carbocycles. The number of amides is 1. The van der Waals surface area contributed by atoms with Crippen LogP contribution in [0.1, 0.15) is 57.1 Å². The molecule has 2 aromatic heterocycles. The molecule has 5 heteroatoms. The lowest BCUT2D eigenvalue weighted by Gasteiger charge is -2.45. The second-order valence-corrected chi connectivity index (χ2v) is 8.59. The lowest BCUT2D eigenvalue weighted by Crippen LogP contribution is -2.54. The fraction of sp³-hybridized carbons (Fsp3) is 0.636. The summed E-state index contributed by atoms with van der Waals surface area (Å²) in [6.07, 6.45) is 13.9. The Balaban J connectivity index is 1.33. The maximum atomic E-state index is 13.5. The zero-order chi connectivity index (χ0) is 18.2. The molecule has 5 rings (SSSR count). The second-order valence-electron chi connectivity index (χ2n) is 8.59. The van der Waals surface area contributed by atoms with Crippen LogP contribution in [-0.2, 0) is 11.3 Å². The van der Waals surface area contributed by atoms with Gasteiger partial charge in [0.05, 0.1) is 17.9 Å². The Labute approximate surface area is 161 Å². The summed E-state index contributed by atoms with van der Waals surface area (Å²) < 4.78 is 2.15. The van der Waals surface area contributed by atoms with Gasteiger partial charge in [-0.2, -0.15) is 0 Å². The number of carbonyl (C=O) groups is 1. The number of piperidine rings is 1. The van der Waals surface area contributed by atoms with Crippen LogP contribution in [0.2, 0.25) is 0 Å². The van der Waals surface area contributed by atoms with E-state index in [9.17, 15) is 4.79 Å². The van der Waals surface area contributed by atoms with Gasteiger partial charge in [-0.3, -0.25) is 9.69 Å². The van der Waals surface area contributed by atoms with Gasteiger partial charge in [0.15, 0.2) is 0 Å². The molecule has 1 saturated carbocycles. The summed E-state index contributed by atoms with van der Waals surface area (Å²) in [5.74, 6) is 1.16.